The van der Waals surface area contributed by atoms with Crippen LogP contribution >= 0.6 is 8.37 Å². The lowest BCUT2D eigenvalue weighted by Gasteiger charge is -2.37. The molecule has 0 amide bonds. The van der Waals surface area contributed by atoms with E-state index in [0.29, 0.717) is 18.0 Å². The Labute approximate surface area is 192 Å². The van der Waals surface area contributed by atoms with Gasteiger partial charge in [0.2, 0.25) is 10.0 Å². The SMILES string of the molecule is Cc1ccc(S(=O)(=O)NCCN(C)P2N(c3ccccc3)CCN2c2ccccc2)cc1. The number of rotatable bonds is 8. The summed E-state index contributed by atoms with van der Waals surface area (Å²) in [6.45, 7) is 4.73. The molecule has 32 heavy (non-hydrogen) atoms. The van der Waals surface area contributed by atoms with Gasteiger partial charge in [-0.1, -0.05) is 54.1 Å². The lowest BCUT2D eigenvalue weighted by Crippen LogP contribution is -2.35. The van der Waals surface area contributed by atoms with E-state index in [9.17, 15) is 8.42 Å². The summed E-state index contributed by atoms with van der Waals surface area (Å²) in [4.78, 5) is 0.300. The molecule has 0 aliphatic carbocycles. The van der Waals surface area contributed by atoms with Gasteiger partial charge in [-0.25, -0.2) is 17.8 Å². The quantitative estimate of drug-likeness (QED) is 0.495. The zero-order chi connectivity index (χ0) is 22.6. The summed E-state index contributed by atoms with van der Waals surface area (Å²) in [5.74, 6) is 0. The Morgan fingerprint density at radius 3 is 1.84 bits per heavy atom. The Morgan fingerprint density at radius 2 is 1.34 bits per heavy atom. The van der Waals surface area contributed by atoms with Gasteiger partial charge in [0.1, 0.15) is 0 Å². The second-order valence-electron chi connectivity index (χ2n) is 7.78. The normalized spacial score (nSPS) is 15.0. The standard InChI is InChI=1S/C24H29N4O2PS/c1-21-13-15-24(16-14-21)32(29,30)25-17-18-26(2)31-27(22-9-5-3-6-10-22)19-20-28(31)23-11-7-4-8-12-23/h3-16,25H,17-20H2,1-2H3. The molecule has 8 heteroatoms. The Bertz CT molecular complexity index is 1060. The molecule has 0 atom stereocenters. The van der Waals surface area contributed by atoms with E-state index in [1.165, 1.54) is 11.4 Å². The molecule has 1 N–H and O–H groups in total. The fourth-order valence-corrected chi connectivity index (χ4v) is 7.28. The summed E-state index contributed by atoms with van der Waals surface area (Å²) in [5, 5.41) is 0. The smallest absolute Gasteiger partial charge is 0.240 e. The first kappa shape index (κ1) is 22.7. The Hall–Kier alpha value is -2.44. The number of likely N-dealkylation sites (N-methyl/N-ethyl adjacent to an activating group) is 1. The van der Waals surface area contributed by atoms with Crippen LogP contribution in [0, 0.1) is 6.92 Å². The largest absolute Gasteiger partial charge is 0.320 e. The Kier molecular flexibility index (Phi) is 7.11. The average molecular weight is 469 g/mol. The highest BCUT2D eigenvalue weighted by Crippen LogP contribution is 2.54. The van der Waals surface area contributed by atoms with Crippen molar-refractivity contribution in [1.82, 2.24) is 9.39 Å². The highest BCUT2D eigenvalue weighted by atomic mass is 32.2. The van der Waals surface area contributed by atoms with Crippen LogP contribution in [0.2, 0.25) is 0 Å². The van der Waals surface area contributed by atoms with Gasteiger partial charge in [0, 0.05) is 37.6 Å². The van der Waals surface area contributed by atoms with Gasteiger partial charge in [0.05, 0.1) is 4.90 Å². The van der Waals surface area contributed by atoms with Crippen LogP contribution in [0.25, 0.3) is 0 Å². The highest BCUT2D eigenvalue weighted by Gasteiger charge is 2.36. The number of hydrogen-bond donors (Lipinski definition) is 1. The van der Waals surface area contributed by atoms with E-state index in [0.717, 1.165) is 18.7 Å². The lowest BCUT2D eigenvalue weighted by molar-refractivity contribution is 0.530. The Morgan fingerprint density at radius 1 is 0.844 bits per heavy atom. The molecule has 0 aromatic heterocycles. The molecule has 1 aliphatic heterocycles. The average Bonchev–Trinajstić information content (AvgIpc) is 3.26. The molecule has 0 radical (unpaired) electrons. The maximum atomic E-state index is 12.7. The summed E-state index contributed by atoms with van der Waals surface area (Å²) in [6, 6.07) is 27.8. The predicted octanol–water partition coefficient (Wildman–Crippen LogP) is 4.46. The van der Waals surface area contributed by atoms with E-state index in [2.05, 4.69) is 74.3 Å². The van der Waals surface area contributed by atoms with Gasteiger partial charge < -0.3 is 9.34 Å². The second kappa shape index (κ2) is 10.0. The minimum atomic E-state index is -3.52. The van der Waals surface area contributed by atoms with Crippen molar-refractivity contribution in [3.8, 4) is 0 Å². The molecular weight excluding hydrogens is 439 g/mol. The predicted molar refractivity (Wildman–Crippen MR) is 133 cm³/mol. The van der Waals surface area contributed by atoms with Crippen molar-refractivity contribution in [2.75, 3.05) is 42.6 Å². The van der Waals surface area contributed by atoms with E-state index in [-0.39, 0.29) is 0 Å². The fourth-order valence-electron chi connectivity index (χ4n) is 3.76. The van der Waals surface area contributed by atoms with E-state index >= 15 is 0 Å². The summed E-state index contributed by atoms with van der Waals surface area (Å²) >= 11 is 0. The number of benzene rings is 3. The maximum Gasteiger partial charge on any atom is 0.240 e. The van der Waals surface area contributed by atoms with Crippen molar-refractivity contribution < 1.29 is 8.42 Å². The molecule has 1 heterocycles. The molecule has 3 aromatic carbocycles. The minimum Gasteiger partial charge on any atom is -0.320 e. The molecule has 6 nitrogen and oxygen atoms in total. The minimum absolute atomic E-state index is 0.300. The van der Waals surface area contributed by atoms with Crippen molar-refractivity contribution in [2.45, 2.75) is 11.8 Å². The number of para-hydroxylation sites is 2. The second-order valence-corrected chi connectivity index (χ2v) is 11.7. The van der Waals surface area contributed by atoms with Gasteiger partial charge in [0.15, 0.2) is 8.37 Å². The third-order valence-electron chi connectivity index (χ3n) is 5.43. The van der Waals surface area contributed by atoms with Gasteiger partial charge in [-0.3, -0.25) is 0 Å². The van der Waals surface area contributed by atoms with Crippen LogP contribution in [0.4, 0.5) is 11.4 Å². The van der Waals surface area contributed by atoms with Gasteiger partial charge in [-0.05, 0) is 50.4 Å². The summed E-state index contributed by atoms with van der Waals surface area (Å²) in [5.41, 5.74) is 3.41. The summed E-state index contributed by atoms with van der Waals surface area (Å²) in [6.07, 6.45) is 0. The van der Waals surface area contributed by atoms with E-state index < -0.39 is 18.4 Å². The molecule has 168 valence electrons. The number of anilines is 2. The monoisotopic (exact) mass is 468 g/mol. The first-order valence-electron chi connectivity index (χ1n) is 10.7. The van der Waals surface area contributed by atoms with Gasteiger partial charge in [0.25, 0.3) is 0 Å². The first-order valence-corrected chi connectivity index (χ1v) is 13.4. The van der Waals surface area contributed by atoms with Crippen molar-refractivity contribution in [2.24, 2.45) is 0 Å². The van der Waals surface area contributed by atoms with Crippen molar-refractivity contribution >= 4 is 29.8 Å². The molecule has 0 bridgehead atoms. The number of sulfonamides is 1. The van der Waals surface area contributed by atoms with Crippen LogP contribution in [0.3, 0.4) is 0 Å². The molecule has 0 saturated carbocycles. The van der Waals surface area contributed by atoms with Crippen LogP contribution in [-0.2, 0) is 10.0 Å². The third-order valence-corrected chi connectivity index (χ3v) is 9.44. The number of nitrogens with one attached hydrogen (secondary N) is 1. The third kappa shape index (κ3) is 5.13. The van der Waals surface area contributed by atoms with Crippen molar-refractivity contribution in [1.29, 1.82) is 0 Å². The van der Waals surface area contributed by atoms with Crippen LogP contribution in [0.1, 0.15) is 5.56 Å². The molecular formula is C24H29N4O2PS. The van der Waals surface area contributed by atoms with Gasteiger partial charge >= 0.3 is 0 Å². The molecule has 4 rings (SSSR count). The highest BCUT2D eigenvalue weighted by molar-refractivity contribution is 7.89. The zero-order valence-electron chi connectivity index (χ0n) is 18.4. The van der Waals surface area contributed by atoms with E-state index in [1.54, 1.807) is 12.1 Å². The van der Waals surface area contributed by atoms with Gasteiger partial charge in [-0.15, -0.1) is 0 Å². The zero-order valence-corrected chi connectivity index (χ0v) is 20.1. The summed E-state index contributed by atoms with van der Waals surface area (Å²) < 4.78 is 35.2. The number of hydrogen-bond acceptors (Lipinski definition) is 5. The van der Waals surface area contributed by atoms with E-state index in [4.69, 9.17) is 0 Å². The summed E-state index contributed by atoms with van der Waals surface area (Å²) in [7, 11) is -2.28. The molecule has 3 aromatic rings. The molecule has 1 fully saturated rings. The van der Waals surface area contributed by atoms with Crippen molar-refractivity contribution in [3.05, 3.63) is 90.5 Å². The van der Waals surface area contributed by atoms with Crippen LogP contribution in [0.15, 0.2) is 89.8 Å². The topological polar surface area (TPSA) is 55.9 Å². The molecule has 0 unspecified atom stereocenters. The number of aryl methyl sites for hydroxylation is 1. The van der Waals surface area contributed by atoms with Gasteiger partial charge in [-0.2, -0.15) is 0 Å². The molecule has 0 spiro atoms. The Balaban J connectivity index is 1.49. The van der Waals surface area contributed by atoms with Crippen LogP contribution in [0.5, 0.6) is 0 Å². The van der Waals surface area contributed by atoms with E-state index in [1.807, 2.05) is 31.2 Å². The lowest BCUT2D eigenvalue weighted by atomic mass is 10.2. The fraction of sp³-hybridized carbons (Fsp3) is 0.250. The molecule has 1 aliphatic rings. The molecule has 1 saturated heterocycles. The van der Waals surface area contributed by atoms with Crippen LogP contribution in [-0.4, -0.2) is 46.3 Å². The number of nitrogens with zero attached hydrogens (tertiary/aromatic N) is 3. The maximum absolute atomic E-state index is 12.7. The van der Waals surface area contributed by atoms with Crippen molar-refractivity contribution in [3.63, 3.8) is 0 Å². The van der Waals surface area contributed by atoms with Crippen LogP contribution < -0.4 is 14.1 Å². The first-order chi connectivity index (χ1) is 15.5.